The molecule has 1 amide bonds. The van der Waals surface area contributed by atoms with E-state index in [1.54, 1.807) is 0 Å². The van der Waals surface area contributed by atoms with Crippen molar-refractivity contribution < 1.29 is 4.79 Å². The van der Waals surface area contributed by atoms with E-state index in [-0.39, 0.29) is 24.0 Å². The van der Waals surface area contributed by atoms with E-state index >= 15 is 0 Å². The van der Waals surface area contributed by atoms with Crippen LogP contribution in [0.3, 0.4) is 0 Å². The Morgan fingerprint density at radius 3 is 2.38 bits per heavy atom. The van der Waals surface area contributed by atoms with Gasteiger partial charge in [0, 0.05) is 11.6 Å². The topological polar surface area (TPSA) is 32.3 Å². The minimum absolute atomic E-state index is 0.0452. The summed E-state index contributed by atoms with van der Waals surface area (Å²) in [6.45, 7) is 9.31. The van der Waals surface area contributed by atoms with Gasteiger partial charge in [0.05, 0.1) is 6.04 Å². The lowest BCUT2D eigenvalue weighted by Gasteiger charge is -2.27. The predicted octanol–water partition coefficient (Wildman–Crippen LogP) is 3.84. The van der Waals surface area contributed by atoms with E-state index in [1.165, 1.54) is 0 Å². The largest absolute Gasteiger partial charge is 0.321 e. The van der Waals surface area contributed by atoms with Crippen LogP contribution in [-0.4, -0.2) is 23.4 Å². The fourth-order valence-electron chi connectivity index (χ4n) is 2.70. The van der Waals surface area contributed by atoms with Crippen molar-refractivity contribution in [2.24, 2.45) is 11.8 Å². The Morgan fingerprint density at radius 1 is 1.24 bits per heavy atom. The Balaban J connectivity index is 2.27. The van der Waals surface area contributed by atoms with Gasteiger partial charge in [0.15, 0.2) is 0 Å². The van der Waals surface area contributed by atoms with Crippen LogP contribution in [0.2, 0.25) is 5.02 Å². The summed E-state index contributed by atoms with van der Waals surface area (Å²) in [5.41, 5.74) is 1.10. The number of rotatable bonds is 5. The first-order chi connectivity index (χ1) is 9.93. The third kappa shape index (κ3) is 3.58. The number of carbonyl (C=O) groups is 1. The molecule has 0 radical (unpaired) electrons. The second-order valence-corrected chi connectivity index (χ2v) is 6.78. The van der Waals surface area contributed by atoms with E-state index in [9.17, 15) is 4.79 Å². The summed E-state index contributed by atoms with van der Waals surface area (Å²) >= 11 is 5.97. The Labute approximate surface area is 132 Å². The third-order valence-electron chi connectivity index (χ3n) is 4.26. The van der Waals surface area contributed by atoms with Crippen LogP contribution in [0.25, 0.3) is 0 Å². The first-order valence-corrected chi connectivity index (χ1v) is 8.13. The molecular weight excluding hydrogens is 284 g/mol. The molecule has 116 valence electrons. The zero-order valence-corrected chi connectivity index (χ0v) is 14.0. The lowest BCUT2D eigenvalue weighted by Crippen LogP contribution is -2.36. The van der Waals surface area contributed by atoms with Gasteiger partial charge in [0.1, 0.15) is 6.17 Å². The van der Waals surface area contributed by atoms with E-state index in [2.05, 4.69) is 33.0 Å². The monoisotopic (exact) mass is 308 g/mol. The molecule has 1 heterocycles. The third-order valence-corrected chi connectivity index (χ3v) is 4.51. The molecule has 1 aromatic carbocycles. The van der Waals surface area contributed by atoms with E-state index in [1.807, 2.05) is 29.2 Å². The Morgan fingerprint density at radius 2 is 1.86 bits per heavy atom. The van der Waals surface area contributed by atoms with E-state index in [0.29, 0.717) is 5.92 Å². The molecule has 4 heteroatoms. The van der Waals surface area contributed by atoms with E-state index < -0.39 is 0 Å². The van der Waals surface area contributed by atoms with Crippen LogP contribution < -0.4 is 5.32 Å². The minimum atomic E-state index is -0.102. The molecule has 1 aromatic rings. The van der Waals surface area contributed by atoms with Crippen molar-refractivity contribution in [2.75, 3.05) is 6.54 Å². The van der Waals surface area contributed by atoms with Crippen molar-refractivity contribution >= 4 is 17.5 Å². The van der Waals surface area contributed by atoms with Crippen molar-refractivity contribution in [3.05, 3.63) is 34.9 Å². The Bertz CT molecular complexity index is 486. The van der Waals surface area contributed by atoms with Crippen LogP contribution in [0.1, 0.15) is 45.8 Å². The van der Waals surface area contributed by atoms with Gasteiger partial charge >= 0.3 is 0 Å². The zero-order valence-electron chi connectivity index (χ0n) is 13.3. The van der Waals surface area contributed by atoms with Gasteiger partial charge in [-0.1, -0.05) is 57.8 Å². The molecule has 1 N–H and O–H groups in total. The summed E-state index contributed by atoms with van der Waals surface area (Å²) in [6.07, 6.45) is 1.03. The average Bonchev–Trinajstić information content (AvgIpc) is 2.77. The van der Waals surface area contributed by atoms with Gasteiger partial charge in [-0.15, -0.1) is 0 Å². The molecule has 0 saturated carbocycles. The number of halogens is 1. The highest BCUT2D eigenvalue weighted by Gasteiger charge is 2.41. The second-order valence-electron chi connectivity index (χ2n) is 6.35. The van der Waals surface area contributed by atoms with Crippen molar-refractivity contribution in [3.8, 4) is 0 Å². The normalized spacial score (nSPS) is 23.9. The summed E-state index contributed by atoms with van der Waals surface area (Å²) < 4.78 is 0. The van der Waals surface area contributed by atoms with Crippen LogP contribution in [0.5, 0.6) is 0 Å². The fraction of sp³-hybridized carbons (Fsp3) is 0.588. The smallest absolute Gasteiger partial charge is 0.241 e. The quantitative estimate of drug-likeness (QED) is 0.896. The van der Waals surface area contributed by atoms with Gasteiger partial charge in [-0.2, -0.15) is 0 Å². The van der Waals surface area contributed by atoms with Crippen molar-refractivity contribution in [3.63, 3.8) is 0 Å². The molecule has 3 nitrogen and oxygen atoms in total. The number of carbonyl (C=O) groups excluding carboxylic acids is 1. The van der Waals surface area contributed by atoms with Crippen LogP contribution in [0.15, 0.2) is 24.3 Å². The molecule has 3 atom stereocenters. The van der Waals surface area contributed by atoms with Crippen molar-refractivity contribution in [2.45, 2.75) is 46.3 Å². The summed E-state index contributed by atoms with van der Waals surface area (Å²) in [5.74, 6) is 0.996. The highest BCUT2D eigenvalue weighted by Crippen LogP contribution is 2.29. The summed E-state index contributed by atoms with van der Waals surface area (Å²) in [4.78, 5) is 14.7. The lowest BCUT2D eigenvalue weighted by atomic mass is 10.0. The molecule has 0 aromatic heterocycles. The van der Waals surface area contributed by atoms with Gasteiger partial charge in [-0.05, 0) is 29.5 Å². The van der Waals surface area contributed by atoms with E-state index in [0.717, 1.165) is 23.6 Å². The van der Waals surface area contributed by atoms with E-state index in [4.69, 9.17) is 11.6 Å². The summed E-state index contributed by atoms with van der Waals surface area (Å²) in [6, 6.07) is 7.66. The molecule has 1 fully saturated rings. The Hall–Kier alpha value is -1.06. The Kier molecular flexibility index (Phi) is 5.28. The van der Waals surface area contributed by atoms with Gasteiger partial charge in [-0.3, -0.25) is 10.1 Å². The molecule has 21 heavy (non-hydrogen) atoms. The molecule has 1 aliphatic rings. The van der Waals surface area contributed by atoms with Crippen LogP contribution in [0.4, 0.5) is 0 Å². The zero-order chi connectivity index (χ0) is 15.6. The number of nitrogens with zero attached hydrogens (tertiary/aromatic N) is 1. The summed E-state index contributed by atoms with van der Waals surface area (Å²) in [5, 5.41) is 4.21. The SMILES string of the molecule is CCC(C)CN1C(=O)C(C(C)C)NC1c1ccc(Cl)cc1. The van der Waals surface area contributed by atoms with Gasteiger partial charge < -0.3 is 4.90 Å². The molecule has 0 spiro atoms. The predicted molar refractivity (Wildman–Crippen MR) is 87.1 cm³/mol. The number of nitrogens with one attached hydrogen (secondary N) is 1. The standard InChI is InChI=1S/C17H25ClN2O/c1-5-12(4)10-20-16(13-6-8-14(18)9-7-13)19-15(11(2)3)17(20)21/h6-9,11-12,15-16,19H,5,10H2,1-4H3. The molecule has 0 aliphatic carbocycles. The highest BCUT2D eigenvalue weighted by molar-refractivity contribution is 6.30. The molecule has 1 saturated heterocycles. The molecule has 2 rings (SSSR count). The van der Waals surface area contributed by atoms with Crippen LogP contribution >= 0.6 is 11.6 Å². The van der Waals surface area contributed by atoms with Crippen molar-refractivity contribution in [1.29, 1.82) is 0 Å². The average molecular weight is 309 g/mol. The van der Waals surface area contributed by atoms with Crippen LogP contribution in [-0.2, 0) is 4.79 Å². The number of hydrogen-bond donors (Lipinski definition) is 1. The second kappa shape index (κ2) is 6.80. The van der Waals surface area contributed by atoms with Gasteiger partial charge in [0.25, 0.3) is 0 Å². The summed E-state index contributed by atoms with van der Waals surface area (Å²) in [7, 11) is 0. The number of benzene rings is 1. The first kappa shape index (κ1) is 16.3. The fourth-order valence-corrected chi connectivity index (χ4v) is 2.82. The number of amides is 1. The first-order valence-electron chi connectivity index (χ1n) is 7.76. The molecule has 3 unspecified atom stereocenters. The van der Waals surface area contributed by atoms with Crippen molar-refractivity contribution in [1.82, 2.24) is 10.2 Å². The maximum absolute atomic E-state index is 12.7. The molecule has 0 bridgehead atoms. The maximum atomic E-state index is 12.7. The highest BCUT2D eigenvalue weighted by atomic mass is 35.5. The van der Waals surface area contributed by atoms with Crippen LogP contribution in [0, 0.1) is 11.8 Å². The van der Waals surface area contributed by atoms with Gasteiger partial charge in [0.2, 0.25) is 5.91 Å². The maximum Gasteiger partial charge on any atom is 0.241 e. The molecule has 1 aliphatic heterocycles. The lowest BCUT2D eigenvalue weighted by molar-refractivity contribution is -0.131. The molecular formula is C17H25ClN2O. The minimum Gasteiger partial charge on any atom is -0.321 e. The van der Waals surface area contributed by atoms with Gasteiger partial charge in [-0.25, -0.2) is 0 Å². The number of hydrogen-bond acceptors (Lipinski definition) is 2.